The van der Waals surface area contributed by atoms with Crippen LogP contribution in [0.2, 0.25) is 0 Å². The molecule has 1 heterocycles. The molecular formula is C26H21F4NO3S. The smallest absolute Gasteiger partial charge is 0.417 e. The molecule has 2 amide bonds. The van der Waals surface area contributed by atoms with Crippen molar-refractivity contribution < 1.29 is 31.9 Å². The van der Waals surface area contributed by atoms with E-state index < -0.39 is 41.6 Å². The molecule has 1 fully saturated rings. The van der Waals surface area contributed by atoms with Gasteiger partial charge in [0.2, 0.25) is 5.91 Å². The zero-order chi connectivity index (χ0) is 25.1. The Morgan fingerprint density at radius 3 is 2.06 bits per heavy atom. The monoisotopic (exact) mass is 503 g/mol. The standard InChI is InChI=1S/C26H21F4NO3S/c27-25(28,26(29,30)35-20-14-8-3-9-15-20)21(16-18-10-4-1-5-11-18)23(32)31-22(17-34-24(31)33)19-12-6-2-7-13-19/h1-15,21-22H,16-17H2/t21?,22-/m0/s1. The van der Waals surface area contributed by atoms with Crippen LogP contribution in [-0.2, 0) is 16.0 Å². The number of cyclic esters (lactones) is 1. The van der Waals surface area contributed by atoms with Crippen LogP contribution in [0, 0.1) is 5.92 Å². The van der Waals surface area contributed by atoms with Gasteiger partial charge in [-0.1, -0.05) is 78.9 Å². The number of imide groups is 1. The fraction of sp³-hybridized carbons (Fsp3) is 0.231. The van der Waals surface area contributed by atoms with Gasteiger partial charge in [0.1, 0.15) is 18.6 Å². The van der Waals surface area contributed by atoms with Crippen LogP contribution in [0.15, 0.2) is 95.9 Å². The number of carbonyl (C=O) groups excluding carboxylic acids is 2. The molecule has 35 heavy (non-hydrogen) atoms. The number of benzene rings is 3. The molecule has 0 radical (unpaired) electrons. The number of rotatable bonds is 8. The highest BCUT2D eigenvalue weighted by atomic mass is 32.2. The minimum atomic E-state index is -4.80. The number of halogens is 4. The van der Waals surface area contributed by atoms with Crippen LogP contribution in [0.25, 0.3) is 0 Å². The Hall–Kier alpha value is -3.33. The van der Waals surface area contributed by atoms with Gasteiger partial charge in [-0.25, -0.2) is 9.69 Å². The van der Waals surface area contributed by atoms with Crippen molar-refractivity contribution in [3.8, 4) is 0 Å². The summed E-state index contributed by atoms with van der Waals surface area (Å²) in [6.45, 7) is -0.257. The van der Waals surface area contributed by atoms with Crippen LogP contribution in [-0.4, -0.2) is 34.7 Å². The molecule has 0 spiro atoms. The van der Waals surface area contributed by atoms with Gasteiger partial charge in [0, 0.05) is 4.90 Å². The molecule has 1 aliphatic heterocycles. The molecule has 1 unspecified atom stereocenters. The third kappa shape index (κ3) is 5.19. The fourth-order valence-corrected chi connectivity index (χ4v) is 4.75. The summed E-state index contributed by atoms with van der Waals surface area (Å²) in [5.41, 5.74) is 0.730. The Morgan fingerprint density at radius 1 is 0.914 bits per heavy atom. The van der Waals surface area contributed by atoms with Crippen LogP contribution in [0.1, 0.15) is 17.2 Å². The number of hydrogen-bond donors (Lipinski definition) is 0. The second-order valence-electron chi connectivity index (χ2n) is 8.01. The highest BCUT2D eigenvalue weighted by Crippen LogP contribution is 2.51. The quantitative estimate of drug-likeness (QED) is 0.257. The van der Waals surface area contributed by atoms with E-state index in [1.807, 2.05) is 0 Å². The van der Waals surface area contributed by atoms with Crippen LogP contribution in [0.4, 0.5) is 22.4 Å². The predicted molar refractivity (Wildman–Crippen MR) is 123 cm³/mol. The number of thioether (sulfide) groups is 1. The van der Waals surface area contributed by atoms with Gasteiger partial charge in [-0.3, -0.25) is 4.79 Å². The molecule has 0 bridgehead atoms. The lowest BCUT2D eigenvalue weighted by Gasteiger charge is -2.34. The SMILES string of the molecule is O=C1OC[C@@H](c2ccccc2)N1C(=O)C(Cc1ccccc1)C(F)(F)C(F)(F)Sc1ccccc1. The van der Waals surface area contributed by atoms with Crippen molar-refractivity contribution in [2.24, 2.45) is 5.92 Å². The molecule has 182 valence electrons. The van der Waals surface area contributed by atoms with Crippen molar-refractivity contribution in [2.75, 3.05) is 6.61 Å². The maximum atomic E-state index is 15.6. The minimum absolute atomic E-state index is 0.0779. The molecule has 1 aliphatic rings. The molecule has 1 saturated heterocycles. The van der Waals surface area contributed by atoms with E-state index in [4.69, 9.17) is 4.74 Å². The van der Waals surface area contributed by atoms with E-state index in [0.29, 0.717) is 10.5 Å². The normalized spacial score (nSPS) is 17.2. The minimum Gasteiger partial charge on any atom is -0.446 e. The average Bonchev–Trinajstić information content (AvgIpc) is 3.25. The lowest BCUT2D eigenvalue weighted by atomic mass is 9.90. The van der Waals surface area contributed by atoms with Crippen molar-refractivity contribution >= 4 is 23.8 Å². The number of amides is 2. The Morgan fingerprint density at radius 2 is 1.46 bits per heavy atom. The van der Waals surface area contributed by atoms with Crippen molar-refractivity contribution in [1.82, 2.24) is 4.90 Å². The van der Waals surface area contributed by atoms with E-state index >= 15 is 17.6 Å². The topological polar surface area (TPSA) is 46.6 Å². The molecule has 9 heteroatoms. The van der Waals surface area contributed by atoms with Gasteiger partial charge in [0.05, 0.1) is 0 Å². The summed E-state index contributed by atoms with van der Waals surface area (Å²) >= 11 is -0.321. The van der Waals surface area contributed by atoms with E-state index in [1.54, 1.807) is 54.6 Å². The Bertz CT molecular complexity index is 1160. The first-order valence-electron chi connectivity index (χ1n) is 10.8. The summed E-state index contributed by atoms with van der Waals surface area (Å²) in [7, 11) is 0. The highest BCUT2D eigenvalue weighted by Gasteiger charge is 2.65. The van der Waals surface area contributed by atoms with Gasteiger partial charge in [-0.15, -0.1) is 0 Å². The number of hydrogen-bond acceptors (Lipinski definition) is 4. The lowest BCUT2D eigenvalue weighted by molar-refractivity contribution is -0.194. The Kier molecular flexibility index (Phi) is 7.16. The third-order valence-corrected chi connectivity index (χ3v) is 6.73. The molecular weight excluding hydrogens is 482 g/mol. The van der Waals surface area contributed by atoms with Crippen LogP contribution < -0.4 is 0 Å². The number of alkyl halides is 4. The lowest BCUT2D eigenvalue weighted by Crippen LogP contribution is -2.53. The maximum Gasteiger partial charge on any atom is 0.417 e. The van der Waals surface area contributed by atoms with E-state index in [-0.39, 0.29) is 28.8 Å². The second-order valence-corrected chi connectivity index (χ2v) is 9.20. The van der Waals surface area contributed by atoms with Gasteiger partial charge in [-0.2, -0.15) is 17.6 Å². The number of nitrogens with zero attached hydrogens (tertiary/aromatic N) is 1. The molecule has 0 N–H and O–H groups in total. The summed E-state index contributed by atoms with van der Waals surface area (Å²) in [5.74, 6) is -8.73. The van der Waals surface area contributed by atoms with E-state index in [1.165, 1.54) is 36.4 Å². The van der Waals surface area contributed by atoms with Gasteiger partial charge in [0.25, 0.3) is 0 Å². The first kappa shape index (κ1) is 24.8. The number of carbonyl (C=O) groups is 2. The molecule has 3 aromatic carbocycles. The largest absolute Gasteiger partial charge is 0.446 e. The molecule has 0 aliphatic carbocycles. The summed E-state index contributed by atoms with van der Waals surface area (Å²) < 4.78 is 66.5. The Labute approximate surface area is 203 Å². The molecule has 4 rings (SSSR count). The zero-order valence-electron chi connectivity index (χ0n) is 18.3. The summed E-state index contributed by atoms with van der Waals surface area (Å²) in [4.78, 5) is 26.4. The summed E-state index contributed by atoms with van der Waals surface area (Å²) in [6, 6.07) is 22.0. The molecule has 4 nitrogen and oxygen atoms in total. The average molecular weight is 504 g/mol. The third-order valence-electron chi connectivity index (χ3n) is 5.69. The maximum absolute atomic E-state index is 15.6. The van der Waals surface area contributed by atoms with Gasteiger partial charge >= 0.3 is 17.3 Å². The summed E-state index contributed by atoms with van der Waals surface area (Å²) in [6.07, 6.45) is -1.83. The van der Waals surface area contributed by atoms with Gasteiger partial charge in [0.15, 0.2) is 0 Å². The van der Waals surface area contributed by atoms with Crippen molar-refractivity contribution in [2.45, 2.75) is 28.5 Å². The Balaban J connectivity index is 1.71. The van der Waals surface area contributed by atoms with E-state index in [0.717, 1.165) is 0 Å². The highest BCUT2D eigenvalue weighted by molar-refractivity contribution is 8.00. The first-order chi connectivity index (χ1) is 16.7. The van der Waals surface area contributed by atoms with Crippen molar-refractivity contribution in [3.05, 3.63) is 102 Å². The van der Waals surface area contributed by atoms with Gasteiger partial charge < -0.3 is 4.74 Å². The number of ether oxygens (including phenoxy) is 1. The van der Waals surface area contributed by atoms with Crippen LogP contribution in [0.5, 0.6) is 0 Å². The van der Waals surface area contributed by atoms with Crippen molar-refractivity contribution in [1.29, 1.82) is 0 Å². The van der Waals surface area contributed by atoms with Gasteiger partial charge in [-0.05, 0) is 41.4 Å². The van der Waals surface area contributed by atoms with Crippen LogP contribution in [0.3, 0.4) is 0 Å². The second kappa shape index (κ2) is 10.1. The predicted octanol–water partition coefficient (Wildman–Crippen LogP) is 6.59. The van der Waals surface area contributed by atoms with Crippen molar-refractivity contribution in [3.63, 3.8) is 0 Å². The molecule has 0 aromatic heterocycles. The molecule has 0 saturated carbocycles. The van der Waals surface area contributed by atoms with E-state index in [9.17, 15) is 9.59 Å². The first-order valence-corrected chi connectivity index (χ1v) is 11.6. The summed E-state index contributed by atoms with van der Waals surface area (Å²) in [5, 5.41) is -4.64. The fourth-order valence-electron chi connectivity index (χ4n) is 3.88. The van der Waals surface area contributed by atoms with E-state index in [2.05, 4.69) is 0 Å². The molecule has 3 aromatic rings. The van der Waals surface area contributed by atoms with Crippen LogP contribution >= 0.6 is 11.8 Å². The zero-order valence-corrected chi connectivity index (χ0v) is 19.1. The molecule has 2 atom stereocenters.